The molecule has 6 rings (SSSR count). The van der Waals surface area contributed by atoms with Gasteiger partial charge < -0.3 is 9.88 Å². The van der Waals surface area contributed by atoms with Crippen LogP contribution in [0.2, 0.25) is 5.02 Å². The second-order valence-electron chi connectivity index (χ2n) is 9.35. The molecule has 0 unspecified atom stereocenters. The van der Waals surface area contributed by atoms with Crippen molar-refractivity contribution in [3.05, 3.63) is 77.1 Å². The Morgan fingerprint density at radius 1 is 0.909 bits per heavy atom. The number of hydrogen-bond acceptors (Lipinski definition) is 1. The van der Waals surface area contributed by atoms with Crippen LogP contribution in [-0.4, -0.2) is 20.0 Å². The van der Waals surface area contributed by atoms with Gasteiger partial charge in [0.15, 0.2) is 0 Å². The molecule has 4 aromatic rings. The van der Waals surface area contributed by atoms with E-state index in [0.29, 0.717) is 6.04 Å². The standard InChI is InChI=1S/C28H28ClN3S/c29-21-15-13-19(14-16-21)24-18-32-26(27(33)30-22-10-4-5-11-22)25(20-8-2-1-3-9-20)23-12-6-7-17-31(24)28(23)32/h1-3,8-9,13-16,18,22H,4-7,10-12,17H2,(H,30,33). The van der Waals surface area contributed by atoms with E-state index in [9.17, 15) is 0 Å². The highest BCUT2D eigenvalue weighted by molar-refractivity contribution is 7.80. The molecule has 0 saturated heterocycles. The lowest BCUT2D eigenvalue weighted by molar-refractivity contribution is 0.634. The van der Waals surface area contributed by atoms with Crippen LogP contribution in [-0.2, 0) is 13.0 Å². The molecule has 1 N–H and O–H groups in total. The summed E-state index contributed by atoms with van der Waals surface area (Å²) in [5.41, 5.74) is 8.84. The minimum absolute atomic E-state index is 0.487. The number of halogens is 1. The van der Waals surface area contributed by atoms with E-state index in [1.165, 1.54) is 72.1 Å². The summed E-state index contributed by atoms with van der Waals surface area (Å²) in [4.78, 5) is 0.877. The Kier molecular flexibility index (Phi) is 5.51. The van der Waals surface area contributed by atoms with Crippen LogP contribution in [0.4, 0.5) is 0 Å². The predicted molar refractivity (Wildman–Crippen MR) is 141 cm³/mol. The molecule has 5 heteroatoms. The van der Waals surface area contributed by atoms with Gasteiger partial charge in [-0.05, 0) is 55.4 Å². The third kappa shape index (κ3) is 3.70. The number of nitrogens with zero attached hydrogens (tertiary/aromatic N) is 2. The molecule has 0 radical (unpaired) electrons. The van der Waals surface area contributed by atoms with Crippen molar-refractivity contribution >= 4 is 34.5 Å². The first-order valence-electron chi connectivity index (χ1n) is 12.1. The smallest absolute Gasteiger partial charge is 0.124 e. The quantitative estimate of drug-likeness (QED) is 0.314. The lowest BCUT2D eigenvalue weighted by Crippen LogP contribution is -2.32. The molecule has 2 aliphatic rings. The molecule has 0 atom stereocenters. The lowest BCUT2D eigenvalue weighted by atomic mass is 9.98. The van der Waals surface area contributed by atoms with Crippen molar-refractivity contribution in [2.45, 2.75) is 57.5 Å². The van der Waals surface area contributed by atoms with Crippen LogP contribution in [0.25, 0.3) is 28.0 Å². The van der Waals surface area contributed by atoms with Gasteiger partial charge in [0.1, 0.15) is 10.6 Å². The Balaban J connectivity index is 1.59. The number of hydrogen-bond donors (Lipinski definition) is 1. The van der Waals surface area contributed by atoms with Crippen LogP contribution < -0.4 is 5.32 Å². The molecule has 0 spiro atoms. The van der Waals surface area contributed by atoms with E-state index in [1.807, 2.05) is 12.1 Å². The van der Waals surface area contributed by atoms with Gasteiger partial charge in [-0.3, -0.25) is 4.40 Å². The minimum Gasteiger partial charge on any atom is -0.372 e. The van der Waals surface area contributed by atoms with E-state index in [-0.39, 0.29) is 0 Å². The van der Waals surface area contributed by atoms with Crippen LogP contribution in [0, 0.1) is 0 Å². The topological polar surface area (TPSA) is 21.4 Å². The predicted octanol–water partition coefficient (Wildman–Crippen LogP) is 7.27. The molecule has 0 bridgehead atoms. The molecule has 0 amide bonds. The van der Waals surface area contributed by atoms with E-state index >= 15 is 0 Å². The second kappa shape index (κ2) is 8.66. The third-order valence-electron chi connectivity index (χ3n) is 7.24. The highest BCUT2D eigenvalue weighted by atomic mass is 35.5. The molecule has 2 aromatic heterocycles. The molecular formula is C28H28ClN3S. The number of thiocarbonyl (C=S) groups is 1. The molecular weight excluding hydrogens is 446 g/mol. The maximum Gasteiger partial charge on any atom is 0.124 e. The van der Waals surface area contributed by atoms with E-state index in [2.05, 4.69) is 62.9 Å². The van der Waals surface area contributed by atoms with Crippen molar-refractivity contribution in [2.75, 3.05) is 0 Å². The number of aryl methyl sites for hydroxylation is 2. The molecule has 168 valence electrons. The van der Waals surface area contributed by atoms with Crippen molar-refractivity contribution in [1.29, 1.82) is 0 Å². The van der Waals surface area contributed by atoms with Gasteiger partial charge in [0, 0.05) is 34.9 Å². The average Bonchev–Trinajstić information content (AvgIpc) is 3.50. The maximum absolute atomic E-state index is 6.19. The van der Waals surface area contributed by atoms with Gasteiger partial charge >= 0.3 is 0 Å². The first-order valence-corrected chi connectivity index (χ1v) is 12.9. The number of benzene rings is 2. The van der Waals surface area contributed by atoms with Crippen molar-refractivity contribution < 1.29 is 0 Å². The summed E-state index contributed by atoms with van der Waals surface area (Å²) >= 11 is 12.3. The van der Waals surface area contributed by atoms with Crippen LogP contribution in [0.1, 0.15) is 49.8 Å². The van der Waals surface area contributed by atoms with Crippen molar-refractivity contribution in [3.63, 3.8) is 0 Å². The summed E-state index contributed by atoms with van der Waals surface area (Å²) in [6.07, 6.45) is 10.7. The summed E-state index contributed by atoms with van der Waals surface area (Å²) in [5, 5.41) is 4.50. The summed E-state index contributed by atoms with van der Waals surface area (Å²) in [6.45, 7) is 1.02. The van der Waals surface area contributed by atoms with Crippen molar-refractivity contribution in [1.82, 2.24) is 14.3 Å². The molecule has 3 nitrogen and oxygen atoms in total. The number of aromatic nitrogens is 2. The first kappa shape index (κ1) is 21.0. The zero-order valence-electron chi connectivity index (χ0n) is 18.7. The molecule has 1 fully saturated rings. The Labute approximate surface area is 205 Å². The minimum atomic E-state index is 0.487. The lowest BCUT2D eigenvalue weighted by Gasteiger charge is -2.16. The Morgan fingerprint density at radius 3 is 2.42 bits per heavy atom. The van der Waals surface area contributed by atoms with E-state index < -0.39 is 0 Å². The van der Waals surface area contributed by atoms with E-state index in [0.717, 1.165) is 28.7 Å². The molecule has 1 saturated carbocycles. The fourth-order valence-corrected chi connectivity index (χ4v) is 6.19. The number of rotatable bonds is 4. The monoisotopic (exact) mass is 473 g/mol. The number of nitrogens with one attached hydrogen (secondary N) is 1. The van der Waals surface area contributed by atoms with Crippen LogP contribution in [0.15, 0.2) is 60.8 Å². The molecule has 1 aliphatic heterocycles. The van der Waals surface area contributed by atoms with Crippen LogP contribution >= 0.6 is 23.8 Å². The molecule has 3 heterocycles. The van der Waals surface area contributed by atoms with Crippen molar-refractivity contribution in [2.24, 2.45) is 0 Å². The van der Waals surface area contributed by atoms with Gasteiger partial charge in [-0.25, -0.2) is 0 Å². The maximum atomic E-state index is 6.19. The average molecular weight is 474 g/mol. The molecule has 2 aromatic carbocycles. The highest BCUT2D eigenvalue weighted by Crippen LogP contribution is 2.39. The SMILES string of the molecule is S=C(NC1CCCC1)c1c(-c2ccccc2)c2c3n(c(-c4ccc(Cl)cc4)cn13)CCCC2. The van der Waals surface area contributed by atoms with Gasteiger partial charge in [0.05, 0.1) is 11.4 Å². The molecule has 33 heavy (non-hydrogen) atoms. The van der Waals surface area contributed by atoms with Gasteiger partial charge in [-0.15, -0.1) is 0 Å². The normalized spacial score (nSPS) is 16.3. The van der Waals surface area contributed by atoms with Crippen LogP contribution in [0.5, 0.6) is 0 Å². The molecule has 1 aliphatic carbocycles. The van der Waals surface area contributed by atoms with Crippen LogP contribution in [0.3, 0.4) is 0 Å². The van der Waals surface area contributed by atoms with Gasteiger partial charge in [-0.1, -0.05) is 79.1 Å². The zero-order chi connectivity index (χ0) is 22.4. The first-order chi connectivity index (χ1) is 16.2. The summed E-state index contributed by atoms with van der Waals surface area (Å²) in [7, 11) is 0. The Morgan fingerprint density at radius 2 is 1.67 bits per heavy atom. The van der Waals surface area contributed by atoms with Gasteiger partial charge in [-0.2, -0.15) is 0 Å². The zero-order valence-corrected chi connectivity index (χ0v) is 20.3. The Bertz CT molecular complexity index is 1310. The van der Waals surface area contributed by atoms with Gasteiger partial charge in [0.25, 0.3) is 0 Å². The number of imidazole rings is 1. The van der Waals surface area contributed by atoms with Crippen molar-refractivity contribution in [3.8, 4) is 22.4 Å². The largest absolute Gasteiger partial charge is 0.372 e. The Hall–Kier alpha value is -2.56. The summed E-state index contributed by atoms with van der Waals surface area (Å²) in [5.74, 6) is 0. The summed E-state index contributed by atoms with van der Waals surface area (Å²) < 4.78 is 4.87. The van der Waals surface area contributed by atoms with E-state index in [4.69, 9.17) is 23.8 Å². The summed E-state index contributed by atoms with van der Waals surface area (Å²) in [6, 6.07) is 19.5. The van der Waals surface area contributed by atoms with Gasteiger partial charge in [0.2, 0.25) is 0 Å². The fraction of sp³-hybridized carbons (Fsp3) is 0.321. The third-order valence-corrected chi connectivity index (χ3v) is 7.81. The fourth-order valence-electron chi connectivity index (χ4n) is 5.70. The van der Waals surface area contributed by atoms with E-state index in [1.54, 1.807) is 0 Å². The second-order valence-corrected chi connectivity index (χ2v) is 10.2. The highest BCUT2D eigenvalue weighted by Gasteiger charge is 2.29.